The summed E-state index contributed by atoms with van der Waals surface area (Å²) >= 11 is 3.42. The van der Waals surface area contributed by atoms with Crippen molar-refractivity contribution >= 4 is 42.6 Å². The van der Waals surface area contributed by atoms with Crippen molar-refractivity contribution in [2.75, 3.05) is 11.5 Å². The van der Waals surface area contributed by atoms with Crippen molar-refractivity contribution in [3.63, 3.8) is 0 Å². The Morgan fingerprint density at radius 3 is 2.90 bits per heavy atom. The molecule has 2 heterocycles. The highest BCUT2D eigenvalue weighted by Gasteiger charge is 2.28. The summed E-state index contributed by atoms with van der Waals surface area (Å²) < 4.78 is 25.6. The molecule has 0 spiro atoms. The summed E-state index contributed by atoms with van der Waals surface area (Å²) in [5.74, 6) is 0.0585. The van der Waals surface area contributed by atoms with Crippen molar-refractivity contribution in [2.24, 2.45) is 0 Å². The van der Waals surface area contributed by atoms with Crippen LogP contribution in [-0.2, 0) is 21.2 Å². The van der Waals surface area contributed by atoms with Crippen molar-refractivity contribution in [1.82, 2.24) is 9.88 Å². The van der Waals surface area contributed by atoms with Gasteiger partial charge in [0, 0.05) is 22.2 Å². The average molecular weight is 371 g/mol. The number of nitrogens with zero attached hydrogens (tertiary/aromatic N) is 1. The molecule has 1 aromatic carbocycles. The Balaban J connectivity index is 1.70. The lowest BCUT2D eigenvalue weighted by Gasteiger charge is -2.12. The fourth-order valence-electron chi connectivity index (χ4n) is 2.63. The van der Waals surface area contributed by atoms with E-state index >= 15 is 0 Å². The SMILES string of the molecule is O=C(Cn1ccc2ccc(Br)cc21)N[C@H]1CCS(=O)(=O)C1. The molecule has 1 N–H and O–H groups in total. The van der Waals surface area contributed by atoms with E-state index in [1.165, 1.54) is 0 Å². The Hall–Kier alpha value is -1.34. The molecule has 0 radical (unpaired) electrons. The number of hydrogen-bond donors (Lipinski definition) is 1. The topological polar surface area (TPSA) is 68.2 Å². The summed E-state index contributed by atoms with van der Waals surface area (Å²) in [5, 5.41) is 3.87. The van der Waals surface area contributed by atoms with Gasteiger partial charge in [-0.05, 0) is 30.0 Å². The lowest BCUT2D eigenvalue weighted by molar-refractivity contribution is -0.122. The van der Waals surface area contributed by atoms with E-state index in [9.17, 15) is 13.2 Å². The van der Waals surface area contributed by atoms with E-state index in [1.54, 1.807) is 0 Å². The van der Waals surface area contributed by atoms with Crippen molar-refractivity contribution in [1.29, 1.82) is 0 Å². The van der Waals surface area contributed by atoms with Gasteiger partial charge in [-0.3, -0.25) is 4.79 Å². The minimum absolute atomic E-state index is 0.0523. The van der Waals surface area contributed by atoms with Gasteiger partial charge in [0.25, 0.3) is 0 Å². The fourth-order valence-corrected chi connectivity index (χ4v) is 4.65. The number of rotatable bonds is 3. The number of amides is 1. The van der Waals surface area contributed by atoms with Crippen LogP contribution in [0.4, 0.5) is 0 Å². The first kappa shape index (κ1) is 14.6. The molecule has 1 saturated heterocycles. The van der Waals surface area contributed by atoms with Crippen LogP contribution in [0.3, 0.4) is 0 Å². The lowest BCUT2D eigenvalue weighted by atomic mass is 10.2. The molecule has 0 bridgehead atoms. The minimum atomic E-state index is -2.97. The smallest absolute Gasteiger partial charge is 0.240 e. The molecule has 1 aliphatic heterocycles. The zero-order chi connectivity index (χ0) is 15.0. The van der Waals surface area contributed by atoms with Gasteiger partial charge in [0.2, 0.25) is 5.91 Å². The summed E-state index contributed by atoms with van der Waals surface area (Å²) in [4.78, 5) is 12.1. The van der Waals surface area contributed by atoms with E-state index in [0.29, 0.717) is 6.42 Å². The van der Waals surface area contributed by atoms with Crippen LogP contribution in [0.25, 0.3) is 10.9 Å². The van der Waals surface area contributed by atoms with Crippen LogP contribution in [0.5, 0.6) is 0 Å². The van der Waals surface area contributed by atoms with Gasteiger partial charge in [-0.15, -0.1) is 0 Å². The Bertz CT molecular complexity index is 798. The highest BCUT2D eigenvalue weighted by molar-refractivity contribution is 9.10. The summed E-state index contributed by atoms with van der Waals surface area (Å²) in [5.41, 5.74) is 0.971. The van der Waals surface area contributed by atoms with Crippen LogP contribution in [0.1, 0.15) is 6.42 Å². The molecule has 1 atom stereocenters. The Labute approximate surface area is 131 Å². The van der Waals surface area contributed by atoms with Crippen LogP contribution >= 0.6 is 15.9 Å². The largest absolute Gasteiger partial charge is 0.351 e. The van der Waals surface area contributed by atoms with Crippen LogP contribution in [-0.4, -0.2) is 36.4 Å². The van der Waals surface area contributed by atoms with E-state index in [-0.39, 0.29) is 30.0 Å². The van der Waals surface area contributed by atoms with Crippen molar-refractivity contribution in [2.45, 2.75) is 19.0 Å². The molecular formula is C14H15BrN2O3S. The molecule has 3 rings (SSSR count). The monoisotopic (exact) mass is 370 g/mol. The zero-order valence-electron chi connectivity index (χ0n) is 11.3. The third kappa shape index (κ3) is 3.29. The molecule has 1 aliphatic rings. The summed E-state index contributed by atoms with van der Waals surface area (Å²) in [6, 6.07) is 7.60. The molecule has 1 aromatic heterocycles. The van der Waals surface area contributed by atoms with Crippen molar-refractivity contribution in [3.05, 3.63) is 34.9 Å². The molecule has 0 unspecified atom stereocenters. The molecule has 1 fully saturated rings. The molecule has 0 saturated carbocycles. The quantitative estimate of drug-likeness (QED) is 0.893. The van der Waals surface area contributed by atoms with E-state index in [1.807, 2.05) is 35.0 Å². The maximum atomic E-state index is 12.1. The van der Waals surface area contributed by atoms with Crippen molar-refractivity contribution < 1.29 is 13.2 Å². The van der Waals surface area contributed by atoms with Gasteiger partial charge in [0.1, 0.15) is 6.54 Å². The van der Waals surface area contributed by atoms with Crippen LogP contribution < -0.4 is 5.32 Å². The third-order valence-corrected chi connectivity index (χ3v) is 5.91. The van der Waals surface area contributed by atoms with E-state index < -0.39 is 9.84 Å². The van der Waals surface area contributed by atoms with Gasteiger partial charge in [0.05, 0.1) is 11.5 Å². The number of carbonyl (C=O) groups excluding carboxylic acids is 1. The lowest BCUT2D eigenvalue weighted by Crippen LogP contribution is -2.37. The van der Waals surface area contributed by atoms with Crippen molar-refractivity contribution in [3.8, 4) is 0 Å². The van der Waals surface area contributed by atoms with Gasteiger partial charge < -0.3 is 9.88 Å². The maximum Gasteiger partial charge on any atom is 0.240 e. The molecule has 1 amide bonds. The standard InChI is InChI=1S/C14H15BrN2O3S/c15-11-2-1-10-3-5-17(13(10)7-11)8-14(18)16-12-4-6-21(19,20)9-12/h1-3,5,7,12H,4,6,8-9H2,(H,16,18)/t12-/m0/s1. The van der Waals surface area contributed by atoms with Crippen LogP contribution in [0.15, 0.2) is 34.9 Å². The van der Waals surface area contributed by atoms with E-state index in [4.69, 9.17) is 0 Å². The molecular weight excluding hydrogens is 356 g/mol. The third-order valence-electron chi connectivity index (χ3n) is 3.65. The summed E-state index contributed by atoms with van der Waals surface area (Å²) in [6.07, 6.45) is 2.37. The summed E-state index contributed by atoms with van der Waals surface area (Å²) in [7, 11) is -2.97. The molecule has 2 aromatic rings. The second-order valence-electron chi connectivity index (χ2n) is 5.31. The van der Waals surface area contributed by atoms with Gasteiger partial charge in [0.15, 0.2) is 9.84 Å². The molecule has 112 valence electrons. The number of aromatic nitrogens is 1. The highest BCUT2D eigenvalue weighted by atomic mass is 79.9. The first-order chi connectivity index (χ1) is 9.93. The molecule has 5 nitrogen and oxygen atoms in total. The number of sulfone groups is 1. The molecule has 21 heavy (non-hydrogen) atoms. The first-order valence-corrected chi connectivity index (χ1v) is 9.28. The Morgan fingerprint density at radius 2 is 2.19 bits per heavy atom. The molecule has 0 aliphatic carbocycles. The number of fused-ring (bicyclic) bond motifs is 1. The fraction of sp³-hybridized carbons (Fsp3) is 0.357. The number of benzene rings is 1. The second kappa shape index (κ2) is 5.46. The number of hydrogen-bond acceptors (Lipinski definition) is 3. The zero-order valence-corrected chi connectivity index (χ0v) is 13.7. The number of carbonyl (C=O) groups is 1. The maximum absolute atomic E-state index is 12.1. The molecule has 7 heteroatoms. The van der Waals surface area contributed by atoms with E-state index in [2.05, 4.69) is 21.2 Å². The minimum Gasteiger partial charge on any atom is -0.351 e. The van der Waals surface area contributed by atoms with Gasteiger partial charge in [-0.2, -0.15) is 0 Å². The van der Waals surface area contributed by atoms with E-state index in [0.717, 1.165) is 15.4 Å². The van der Waals surface area contributed by atoms with Gasteiger partial charge in [-0.1, -0.05) is 22.0 Å². The Morgan fingerprint density at radius 1 is 1.38 bits per heavy atom. The highest BCUT2D eigenvalue weighted by Crippen LogP contribution is 2.21. The number of halogens is 1. The van der Waals surface area contributed by atoms with Gasteiger partial charge >= 0.3 is 0 Å². The second-order valence-corrected chi connectivity index (χ2v) is 8.46. The predicted molar refractivity (Wildman–Crippen MR) is 84.8 cm³/mol. The number of nitrogens with one attached hydrogen (secondary N) is 1. The van der Waals surface area contributed by atoms with Gasteiger partial charge in [-0.25, -0.2) is 8.42 Å². The van der Waals surface area contributed by atoms with Crippen LogP contribution in [0, 0.1) is 0 Å². The first-order valence-electron chi connectivity index (χ1n) is 6.67. The van der Waals surface area contributed by atoms with Crippen LogP contribution in [0.2, 0.25) is 0 Å². The Kier molecular flexibility index (Phi) is 3.79. The predicted octanol–water partition coefficient (Wildman–Crippen LogP) is 1.71. The summed E-state index contributed by atoms with van der Waals surface area (Å²) in [6.45, 7) is 0.191. The average Bonchev–Trinajstić information content (AvgIpc) is 2.93. The normalized spacial score (nSPS) is 20.7.